The van der Waals surface area contributed by atoms with Crippen LogP contribution in [0.5, 0.6) is 0 Å². The summed E-state index contributed by atoms with van der Waals surface area (Å²) in [4.78, 5) is 72.3. The van der Waals surface area contributed by atoms with Gasteiger partial charge in [0.1, 0.15) is 19.3 Å². The fourth-order valence-corrected chi connectivity index (χ4v) is 11.5. The van der Waals surface area contributed by atoms with Crippen molar-refractivity contribution >= 4 is 39.5 Å². The number of esters is 4. The van der Waals surface area contributed by atoms with Crippen molar-refractivity contribution < 1.29 is 80.2 Å². The van der Waals surface area contributed by atoms with Gasteiger partial charge in [-0.05, 0) is 49.4 Å². The highest BCUT2D eigenvalue weighted by Gasteiger charge is 2.30. The van der Waals surface area contributed by atoms with Gasteiger partial charge >= 0.3 is 39.5 Å². The Hall–Kier alpha value is -1.94. The molecule has 0 rings (SSSR count). The van der Waals surface area contributed by atoms with E-state index in [0.717, 1.165) is 115 Å². The molecular formula is C67H130O17P2. The summed E-state index contributed by atoms with van der Waals surface area (Å²) in [5, 5.41) is 10.5. The Morgan fingerprint density at radius 2 is 0.558 bits per heavy atom. The van der Waals surface area contributed by atoms with Gasteiger partial charge in [0.25, 0.3) is 0 Å². The smallest absolute Gasteiger partial charge is 0.462 e. The molecular weight excluding hydrogens is 1140 g/mol. The number of carbonyl (C=O) groups is 4. The van der Waals surface area contributed by atoms with Gasteiger partial charge in [-0.15, -0.1) is 0 Å². The molecule has 0 saturated carbocycles. The molecule has 0 heterocycles. The third kappa shape index (κ3) is 59.7. The summed E-state index contributed by atoms with van der Waals surface area (Å²) >= 11 is 0. The molecule has 0 bridgehead atoms. The van der Waals surface area contributed by atoms with Crippen molar-refractivity contribution in [1.82, 2.24) is 0 Å². The molecule has 0 aromatic heterocycles. The van der Waals surface area contributed by atoms with E-state index in [0.29, 0.717) is 37.5 Å². The maximum atomic E-state index is 13.0. The van der Waals surface area contributed by atoms with Crippen molar-refractivity contribution in [3.8, 4) is 0 Å². The number of phosphoric ester groups is 2. The maximum Gasteiger partial charge on any atom is 0.472 e. The second-order valence-corrected chi connectivity index (χ2v) is 28.8. The molecule has 0 amide bonds. The molecule has 0 fully saturated rings. The Balaban J connectivity index is 5.21. The fourth-order valence-electron chi connectivity index (χ4n) is 9.93. The fraction of sp³-hybridized carbons (Fsp3) is 0.940. The van der Waals surface area contributed by atoms with E-state index in [1.807, 2.05) is 0 Å². The molecule has 0 spiro atoms. The normalized spacial score (nSPS) is 14.7. The van der Waals surface area contributed by atoms with Crippen molar-refractivity contribution in [3.63, 3.8) is 0 Å². The Morgan fingerprint density at radius 1 is 0.326 bits per heavy atom. The van der Waals surface area contributed by atoms with Crippen LogP contribution in [0.3, 0.4) is 0 Å². The molecule has 3 unspecified atom stereocenters. The van der Waals surface area contributed by atoms with Gasteiger partial charge in [0.05, 0.1) is 26.4 Å². The average Bonchev–Trinajstić information content (AvgIpc) is 3.52. The molecule has 19 heteroatoms. The quantitative estimate of drug-likeness (QED) is 0.0222. The molecule has 0 aliphatic carbocycles. The molecule has 0 aliphatic rings. The van der Waals surface area contributed by atoms with Gasteiger partial charge in [0, 0.05) is 25.7 Å². The first-order valence-corrected chi connectivity index (χ1v) is 37.7. The van der Waals surface area contributed by atoms with Gasteiger partial charge in [0.2, 0.25) is 0 Å². The third-order valence-corrected chi connectivity index (χ3v) is 17.6. The second-order valence-electron chi connectivity index (χ2n) is 25.9. The Morgan fingerprint density at radius 3 is 0.826 bits per heavy atom. The number of aliphatic hydroxyl groups excluding tert-OH is 1. The number of rotatable bonds is 64. The van der Waals surface area contributed by atoms with E-state index in [2.05, 4.69) is 55.4 Å². The van der Waals surface area contributed by atoms with E-state index >= 15 is 0 Å². The molecule has 3 N–H and O–H groups in total. The van der Waals surface area contributed by atoms with Crippen LogP contribution >= 0.6 is 15.6 Å². The number of carbonyl (C=O) groups excluding carboxylic acids is 4. The summed E-state index contributed by atoms with van der Waals surface area (Å²) in [7, 11) is -9.89. The lowest BCUT2D eigenvalue weighted by Crippen LogP contribution is -2.30. The number of ether oxygens (including phenoxy) is 4. The molecule has 6 atom stereocenters. The zero-order chi connectivity index (χ0) is 63.9. The zero-order valence-electron chi connectivity index (χ0n) is 55.9. The maximum absolute atomic E-state index is 13.0. The largest absolute Gasteiger partial charge is 0.472 e. The number of unbranched alkanes of at least 4 members (excludes halogenated alkanes) is 29. The van der Waals surface area contributed by atoms with E-state index in [1.165, 1.54) is 116 Å². The average molecular weight is 1270 g/mol. The first kappa shape index (κ1) is 84.1. The van der Waals surface area contributed by atoms with Crippen LogP contribution in [-0.4, -0.2) is 96.7 Å². The van der Waals surface area contributed by atoms with Crippen molar-refractivity contribution in [2.75, 3.05) is 39.6 Å². The van der Waals surface area contributed by atoms with Gasteiger partial charge < -0.3 is 33.8 Å². The monoisotopic (exact) mass is 1270 g/mol. The summed E-state index contributed by atoms with van der Waals surface area (Å²) in [6, 6.07) is 0. The number of aliphatic hydroxyl groups is 1. The minimum Gasteiger partial charge on any atom is -0.462 e. The Labute approximate surface area is 524 Å². The first-order valence-electron chi connectivity index (χ1n) is 34.7. The first-order chi connectivity index (χ1) is 41.1. The van der Waals surface area contributed by atoms with Gasteiger partial charge in [-0.2, -0.15) is 0 Å². The number of phosphoric acid groups is 2. The lowest BCUT2D eigenvalue weighted by atomic mass is 10.00. The molecule has 0 radical (unpaired) electrons. The van der Waals surface area contributed by atoms with Crippen LogP contribution in [0.4, 0.5) is 0 Å². The van der Waals surface area contributed by atoms with Crippen LogP contribution in [0.25, 0.3) is 0 Å². The van der Waals surface area contributed by atoms with E-state index in [9.17, 15) is 43.2 Å². The van der Waals surface area contributed by atoms with E-state index in [1.54, 1.807) is 0 Å². The van der Waals surface area contributed by atoms with E-state index in [4.69, 9.17) is 37.0 Å². The van der Waals surface area contributed by atoms with Crippen molar-refractivity contribution in [2.24, 2.45) is 23.7 Å². The summed E-state index contributed by atoms with van der Waals surface area (Å²) in [6.07, 6.45) is 37.9. The summed E-state index contributed by atoms with van der Waals surface area (Å²) in [5.74, 6) is 0.761. The van der Waals surface area contributed by atoms with Crippen LogP contribution in [0.15, 0.2) is 0 Å². The highest BCUT2D eigenvalue weighted by atomic mass is 31.2. The molecule has 0 aromatic rings. The summed E-state index contributed by atoms with van der Waals surface area (Å²) < 4.78 is 68.1. The molecule has 17 nitrogen and oxygen atoms in total. The van der Waals surface area contributed by atoms with Gasteiger partial charge in [0.15, 0.2) is 12.2 Å². The Bertz CT molecular complexity index is 1720. The third-order valence-electron chi connectivity index (χ3n) is 15.7. The number of hydrogen-bond donors (Lipinski definition) is 3. The van der Waals surface area contributed by atoms with Crippen LogP contribution in [0.2, 0.25) is 0 Å². The van der Waals surface area contributed by atoms with Gasteiger partial charge in [-0.1, -0.05) is 274 Å². The van der Waals surface area contributed by atoms with Gasteiger partial charge in [-0.3, -0.25) is 37.3 Å². The molecule has 86 heavy (non-hydrogen) atoms. The van der Waals surface area contributed by atoms with Crippen LogP contribution in [0, 0.1) is 23.7 Å². The van der Waals surface area contributed by atoms with E-state index < -0.39 is 97.5 Å². The van der Waals surface area contributed by atoms with Crippen molar-refractivity contribution in [3.05, 3.63) is 0 Å². The summed E-state index contributed by atoms with van der Waals surface area (Å²) in [6.45, 7) is 14.0. The summed E-state index contributed by atoms with van der Waals surface area (Å²) in [5.41, 5.74) is 0. The van der Waals surface area contributed by atoms with Crippen molar-refractivity contribution in [2.45, 2.75) is 343 Å². The highest BCUT2D eigenvalue weighted by Crippen LogP contribution is 2.45. The lowest BCUT2D eigenvalue weighted by molar-refractivity contribution is -0.161. The highest BCUT2D eigenvalue weighted by molar-refractivity contribution is 7.47. The predicted molar refractivity (Wildman–Crippen MR) is 344 cm³/mol. The Kier molecular flexibility index (Phi) is 55.7. The van der Waals surface area contributed by atoms with Gasteiger partial charge in [-0.25, -0.2) is 9.13 Å². The predicted octanol–water partition coefficient (Wildman–Crippen LogP) is 18.5. The van der Waals surface area contributed by atoms with Crippen LogP contribution in [-0.2, 0) is 65.4 Å². The molecule has 0 aromatic carbocycles. The minimum atomic E-state index is -4.95. The topological polar surface area (TPSA) is 237 Å². The minimum absolute atomic E-state index is 0.101. The van der Waals surface area contributed by atoms with Crippen molar-refractivity contribution in [1.29, 1.82) is 0 Å². The second kappa shape index (κ2) is 57.0. The van der Waals surface area contributed by atoms with Crippen LogP contribution in [0.1, 0.15) is 325 Å². The zero-order valence-corrected chi connectivity index (χ0v) is 57.7. The van der Waals surface area contributed by atoms with Crippen LogP contribution < -0.4 is 0 Å². The molecule has 0 saturated heterocycles. The number of hydrogen-bond acceptors (Lipinski definition) is 15. The van der Waals surface area contributed by atoms with E-state index in [-0.39, 0.29) is 25.7 Å². The SMILES string of the molecule is CCC(C)CCCCCCCCC(=O)OC[C@H](COP(=O)(O)OC[C@H](O)COP(=O)(O)OC[C@@H](COC(=O)CCCCCCCCCC(C)C)OC(=O)CCCCCCCCCCCCCCCCC(C)C)OC(=O)CCCCCCCCC(C)C. The molecule has 510 valence electrons. The standard InChI is InChI=1S/C67H130O17P2/c1-9-60(8)46-38-30-24-26-32-40-48-65(70)78-54-63(84-67(72)50-42-34-25-23-29-37-45-59(6)7)56-82-86(75,76)80-52-61(68)51-79-85(73,74)81-55-62(53-77-64(69)47-39-31-22-18-20-28-36-44-58(4)5)83-66(71)49-41-33-21-17-15-13-11-10-12-14-16-19-27-35-43-57(2)3/h57-63,68H,9-56H2,1-8H3,(H,73,74)(H,75,76)/t60?,61-,62-,63-/m1/s1. The molecule has 0 aliphatic heterocycles. The lowest BCUT2D eigenvalue weighted by Gasteiger charge is -2.21.